The first-order valence-corrected chi connectivity index (χ1v) is 12.2. The Kier molecular flexibility index (Phi) is 6.27. The van der Waals surface area contributed by atoms with Crippen LogP contribution < -0.4 is 14.9 Å². The molecule has 0 radical (unpaired) electrons. The van der Waals surface area contributed by atoms with Crippen LogP contribution in [0.3, 0.4) is 0 Å². The van der Waals surface area contributed by atoms with Crippen molar-refractivity contribution in [2.45, 2.75) is 40.3 Å². The van der Waals surface area contributed by atoms with Crippen LogP contribution in [-0.4, -0.2) is 24.0 Å². The van der Waals surface area contributed by atoms with E-state index in [1.54, 1.807) is 4.90 Å². The van der Waals surface area contributed by atoms with Gasteiger partial charge in [0.05, 0.1) is 30.2 Å². The van der Waals surface area contributed by atoms with E-state index in [0.29, 0.717) is 47.8 Å². The molecule has 0 bridgehead atoms. The van der Waals surface area contributed by atoms with Gasteiger partial charge < -0.3 is 18.8 Å². The maximum Gasteiger partial charge on any atom is 0.291 e. The third kappa shape index (κ3) is 4.02. The van der Waals surface area contributed by atoms with E-state index in [1.807, 2.05) is 88.4 Å². The molecule has 1 unspecified atom stereocenters. The summed E-state index contributed by atoms with van der Waals surface area (Å²) >= 11 is 0. The number of carbonyl (C=O) groups is 1. The highest BCUT2D eigenvalue weighted by Gasteiger charge is 2.43. The third-order valence-electron chi connectivity index (χ3n) is 6.48. The van der Waals surface area contributed by atoms with E-state index in [-0.39, 0.29) is 17.1 Å². The molecule has 1 aromatic heterocycles. The monoisotopic (exact) mass is 483 g/mol. The molecule has 6 heteroatoms. The smallest absolute Gasteiger partial charge is 0.291 e. The van der Waals surface area contributed by atoms with Crippen molar-refractivity contribution in [3.8, 4) is 11.5 Å². The van der Waals surface area contributed by atoms with E-state index in [2.05, 4.69) is 0 Å². The fourth-order valence-corrected chi connectivity index (χ4v) is 5.00. The Labute approximate surface area is 210 Å². The first kappa shape index (κ1) is 23.7. The van der Waals surface area contributed by atoms with Gasteiger partial charge in [-0.25, -0.2) is 0 Å². The minimum absolute atomic E-state index is 0.104. The van der Waals surface area contributed by atoms with Gasteiger partial charge in [-0.1, -0.05) is 42.5 Å². The highest BCUT2D eigenvalue weighted by Crippen LogP contribution is 2.42. The summed E-state index contributed by atoms with van der Waals surface area (Å²) in [6, 6.07) is 18.5. The van der Waals surface area contributed by atoms with Crippen molar-refractivity contribution in [2.75, 3.05) is 13.2 Å². The molecule has 5 rings (SSSR count). The van der Waals surface area contributed by atoms with E-state index in [4.69, 9.17) is 13.9 Å². The predicted octanol–water partition coefficient (Wildman–Crippen LogP) is 5.95. The molecule has 2 heterocycles. The van der Waals surface area contributed by atoms with Gasteiger partial charge in [0.25, 0.3) is 5.91 Å². The van der Waals surface area contributed by atoms with Gasteiger partial charge in [0.15, 0.2) is 16.9 Å². The topological polar surface area (TPSA) is 69.0 Å². The van der Waals surface area contributed by atoms with Crippen LogP contribution >= 0.6 is 0 Å². The summed E-state index contributed by atoms with van der Waals surface area (Å²) in [6.45, 7) is 8.95. The summed E-state index contributed by atoms with van der Waals surface area (Å²) in [7, 11) is 0. The molecule has 0 fully saturated rings. The minimum atomic E-state index is -0.621. The fraction of sp³-hybridized carbons (Fsp3) is 0.267. The highest BCUT2D eigenvalue weighted by atomic mass is 16.5. The number of ether oxygens (including phenoxy) is 2. The van der Waals surface area contributed by atoms with Crippen LogP contribution in [-0.2, 0) is 6.54 Å². The molecule has 1 atom stereocenters. The molecular weight excluding hydrogens is 454 g/mol. The molecule has 184 valence electrons. The molecule has 0 aliphatic carbocycles. The second-order valence-electron chi connectivity index (χ2n) is 9.03. The maximum atomic E-state index is 13.9. The molecule has 0 saturated carbocycles. The average molecular weight is 484 g/mol. The molecule has 0 N–H and O–H groups in total. The van der Waals surface area contributed by atoms with Gasteiger partial charge in [0.2, 0.25) is 5.76 Å². The van der Waals surface area contributed by atoms with Crippen molar-refractivity contribution < 1.29 is 18.7 Å². The number of benzene rings is 3. The van der Waals surface area contributed by atoms with Gasteiger partial charge in [0, 0.05) is 6.54 Å². The zero-order valence-corrected chi connectivity index (χ0v) is 21.0. The molecule has 0 saturated heterocycles. The number of aryl methyl sites for hydroxylation is 2. The van der Waals surface area contributed by atoms with Crippen LogP contribution in [0.25, 0.3) is 11.0 Å². The predicted molar refractivity (Wildman–Crippen MR) is 139 cm³/mol. The highest BCUT2D eigenvalue weighted by molar-refractivity contribution is 5.99. The largest absolute Gasteiger partial charge is 0.490 e. The summed E-state index contributed by atoms with van der Waals surface area (Å²) in [5, 5.41) is 0.488. The SMILES string of the molecule is CCOc1ccc(C2c3c(oc4c(C)cc(C)cc4c3=O)C(=O)N2Cc2ccccc2)cc1OCC. The molecular formula is C30H29NO5. The van der Waals surface area contributed by atoms with Crippen LogP contribution in [0.2, 0.25) is 0 Å². The van der Waals surface area contributed by atoms with Gasteiger partial charge in [-0.05, 0) is 68.1 Å². The van der Waals surface area contributed by atoms with Crippen molar-refractivity contribution in [2.24, 2.45) is 0 Å². The Morgan fingerprint density at radius 2 is 1.61 bits per heavy atom. The molecule has 36 heavy (non-hydrogen) atoms. The van der Waals surface area contributed by atoms with Gasteiger partial charge >= 0.3 is 0 Å². The molecule has 1 amide bonds. The number of carbonyl (C=O) groups excluding carboxylic acids is 1. The number of amides is 1. The van der Waals surface area contributed by atoms with Crippen molar-refractivity contribution in [1.82, 2.24) is 4.90 Å². The summed E-state index contributed by atoms with van der Waals surface area (Å²) in [4.78, 5) is 29.4. The van der Waals surface area contributed by atoms with Crippen molar-refractivity contribution >= 4 is 16.9 Å². The second-order valence-corrected chi connectivity index (χ2v) is 9.03. The Hall–Kier alpha value is -4.06. The van der Waals surface area contributed by atoms with E-state index in [0.717, 1.165) is 22.3 Å². The second kappa shape index (κ2) is 9.53. The standard InChI is InChI=1S/C30H29NO5/c1-5-34-23-13-12-21(16-24(23)35-6-2)26-25-27(32)22-15-18(3)14-19(4)28(22)36-29(25)30(33)31(26)17-20-10-8-7-9-11-20/h7-16,26H,5-6,17H2,1-4H3. The van der Waals surface area contributed by atoms with E-state index >= 15 is 0 Å². The quantitative estimate of drug-likeness (QED) is 0.325. The minimum Gasteiger partial charge on any atom is -0.490 e. The first-order valence-electron chi connectivity index (χ1n) is 12.2. The third-order valence-corrected chi connectivity index (χ3v) is 6.48. The van der Waals surface area contributed by atoms with E-state index in [9.17, 15) is 9.59 Å². The maximum absolute atomic E-state index is 13.9. The van der Waals surface area contributed by atoms with Crippen LogP contribution in [0.15, 0.2) is 69.9 Å². The summed E-state index contributed by atoms with van der Waals surface area (Å²) in [5.74, 6) is 1.00. The lowest BCUT2D eigenvalue weighted by Crippen LogP contribution is -2.29. The van der Waals surface area contributed by atoms with Gasteiger partial charge in [-0.2, -0.15) is 0 Å². The van der Waals surface area contributed by atoms with Crippen molar-refractivity contribution in [1.29, 1.82) is 0 Å². The zero-order valence-electron chi connectivity index (χ0n) is 21.0. The number of hydrogen-bond donors (Lipinski definition) is 0. The number of hydrogen-bond acceptors (Lipinski definition) is 5. The van der Waals surface area contributed by atoms with E-state index < -0.39 is 6.04 Å². The first-order chi connectivity index (χ1) is 17.4. The van der Waals surface area contributed by atoms with Crippen LogP contribution in [0.1, 0.15) is 58.3 Å². The lowest BCUT2D eigenvalue weighted by molar-refractivity contribution is 0.0714. The number of fused-ring (bicyclic) bond motifs is 2. The number of nitrogens with zero attached hydrogens (tertiary/aromatic N) is 1. The molecule has 4 aromatic rings. The summed E-state index contributed by atoms with van der Waals surface area (Å²) in [6.07, 6.45) is 0. The van der Waals surface area contributed by atoms with Crippen LogP contribution in [0.5, 0.6) is 11.5 Å². The number of rotatable bonds is 7. The molecule has 3 aromatic carbocycles. The van der Waals surface area contributed by atoms with Crippen molar-refractivity contribution in [3.63, 3.8) is 0 Å². The molecule has 6 nitrogen and oxygen atoms in total. The Balaban J connectivity index is 1.74. The van der Waals surface area contributed by atoms with Crippen molar-refractivity contribution in [3.05, 3.63) is 104 Å². The molecule has 1 aliphatic rings. The van der Waals surface area contributed by atoms with Crippen LogP contribution in [0, 0.1) is 13.8 Å². The zero-order chi connectivity index (χ0) is 25.4. The van der Waals surface area contributed by atoms with Gasteiger partial charge in [0.1, 0.15) is 5.58 Å². The summed E-state index contributed by atoms with van der Waals surface area (Å²) < 4.78 is 17.8. The van der Waals surface area contributed by atoms with E-state index in [1.165, 1.54) is 0 Å². The Bertz CT molecular complexity index is 1510. The lowest BCUT2D eigenvalue weighted by Gasteiger charge is -2.26. The molecule has 1 aliphatic heterocycles. The fourth-order valence-electron chi connectivity index (χ4n) is 5.00. The average Bonchev–Trinajstić information content (AvgIpc) is 3.13. The van der Waals surface area contributed by atoms with Gasteiger partial charge in [-0.3, -0.25) is 9.59 Å². The molecule has 0 spiro atoms. The van der Waals surface area contributed by atoms with Gasteiger partial charge in [-0.15, -0.1) is 0 Å². The normalized spacial score (nSPS) is 14.8. The Morgan fingerprint density at radius 1 is 0.889 bits per heavy atom. The Morgan fingerprint density at radius 3 is 2.33 bits per heavy atom. The van der Waals surface area contributed by atoms with Crippen LogP contribution in [0.4, 0.5) is 0 Å². The summed E-state index contributed by atoms with van der Waals surface area (Å²) in [5.41, 5.74) is 4.16. The lowest BCUT2D eigenvalue weighted by atomic mass is 9.96.